The average molecular weight is 1100 g/mol. The fourth-order valence-electron chi connectivity index (χ4n) is 10.4. The highest BCUT2D eigenvalue weighted by atomic mass is 35.5. The summed E-state index contributed by atoms with van der Waals surface area (Å²) >= 11 is 6.40. The predicted octanol–water partition coefficient (Wildman–Crippen LogP) is 8.03. The first-order valence-electron chi connectivity index (χ1n) is 26.9. The Hall–Kier alpha value is -7.24. The van der Waals surface area contributed by atoms with Crippen molar-refractivity contribution in [2.45, 2.75) is 137 Å². The number of carbonyl (C=O) groups is 7. The van der Waals surface area contributed by atoms with Gasteiger partial charge >= 0.3 is 12.1 Å². The van der Waals surface area contributed by atoms with Gasteiger partial charge in [0.15, 0.2) is 0 Å². The highest BCUT2D eigenvalue weighted by Crippen LogP contribution is 2.46. The molecule has 17 nitrogen and oxygen atoms in total. The molecular weight excluding hydrogens is 1030 g/mol. The van der Waals surface area contributed by atoms with E-state index in [9.17, 15) is 38.7 Å². The minimum Gasteiger partial charge on any atom is -0.495 e. The van der Waals surface area contributed by atoms with Gasteiger partial charge in [-0.1, -0.05) is 138 Å². The fourth-order valence-corrected chi connectivity index (χ4v) is 10.7. The zero-order valence-electron chi connectivity index (χ0n) is 46.7. The molecule has 6 N–H and O–H groups in total. The van der Waals surface area contributed by atoms with E-state index >= 15 is 0 Å². The molecule has 0 radical (unpaired) electrons. The minimum absolute atomic E-state index is 0.0548. The second kappa shape index (κ2) is 25.3. The van der Waals surface area contributed by atoms with Gasteiger partial charge in [0.25, 0.3) is 0 Å². The van der Waals surface area contributed by atoms with Crippen molar-refractivity contribution in [1.82, 2.24) is 31.5 Å². The Kier molecular flexibility index (Phi) is 19.0. The summed E-state index contributed by atoms with van der Waals surface area (Å²) < 4.78 is 17.8. The molecule has 3 aliphatic rings. The zero-order valence-corrected chi connectivity index (χ0v) is 47.4. The van der Waals surface area contributed by atoms with Crippen molar-refractivity contribution in [1.29, 1.82) is 0 Å². The van der Waals surface area contributed by atoms with E-state index in [2.05, 4.69) is 26.6 Å². The number of nitrogens with one attached hydrogen (secondary N) is 5. The number of halogens is 1. The third-order valence-electron chi connectivity index (χ3n) is 14.9. The van der Waals surface area contributed by atoms with Gasteiger partial charge in [-0.2, -0.15) is 0 Å². The van der Waals surface area contributed by atoms with Crippen LogP contribution in [0.4, 0.5) is 4.79 Å². The first-order valence-corrected chi connectivity index (χ1v) is 27.3. The number of carboxylic acid groups (broad SMARTS) is 1. The molecule has 4 aromatic rings. The van der Waals surface area contributed by atoms with Gasteiger partial charge in [0.1, 0.15) is 42.1 Å². The second-order valence-electron chi connectivity index (χ2n) is 23.2. The first-order chi connectivity index (χ1) is 37.3. The highest BCUT2D eigenvalue weighted by molar-refractivity contribution is 6.32. The third-order valence-corrected chi connectivity index (χ3v) is 15.2. The maximum Gasteiger partial charge on any atom is 0.408 e. The molecule has 2 unspecified atom stereocenters. The molecule has 1 saturated heterocycles. The van der Waals surface area contributed by atoms with Crippen LogP contribution in [-0.4, -0.2) is 108 Å². The molecule has 1 aliphatic carbocycles. The van der Waals surface area contributed by atoms with Crippen molar-refractivity contribution in [2.24, 2.45) is 22.7 Å². The van der Waals surface area contributed by atoms with Gasteiger partial charge in [-0.3, -0.25) is 28.9 Å². The van der Waals surface area contributed by atoms with Gasteiger partial charge in [0.2, 0.25) is 29.5 Å². The summed E-state index contributed by atoms with van der Waals surface area (Å²) in [6.45, 7) is 16.3. The Morgan fingerprint density at radius 1 is 0.861 bits per heavy atom. The number of nitrogens with zero attached hydrogens (tertiary/aromatic N) is 1. The minimum atomic E-state index is -1.23. The van der Waals surface area contributed by atoms with E-state index in [0.717, 1.165) is 33.4 Å². The Balaban J connectivity index is 0.991. The van der Waals surface area contributed by atoms with Crippen LogP contribution in [0.2, 0.25) is 5.02 Å². The van der Waals surface area contributed by atoms with Crippen LogP contribution in [-0.2, 0) is 51.2 Å². The van der Waals surface area contributed by atoms with Crippen LogP contribution in [0, 0.1) is 22.7 Å². The summed E-state index contributed by atoms with van der Waals surface area (Å²) in [4.78, 5) is 96.8. The SMILES string of the molecule is COc1ccc(C[C@H]2NC(=O)/C=C/C[C@@H]([C@H](C)[C@H]3O[C@@H]3c3ccc(CNC(=O)C(C)NC(=O)C(C(C)C)N(CC4c5ccccc5-c5ccccc54)C(=O)O)cc3)OC(=O)[C@H](CC(C)(C)C)NC(=O)C(C)(C)CNC2=O)cc1Cl. The van der Waals surface area contributed by atoms with E-state index < -0.39 is 101 Å². The number of benzene rings is 4. The molecule has 18 heteroatoms. The van der Waals surface area contributed by atoms with Crippen LogP contribution in [0.5, 0.6) is 5.75 Å². The largest absolute Gasteiger partial charge is 0.495 e. The number of esters is 1. The number of hydrogen-bond acceptors (Lipinski definition) is 10. The normalized spacial score (nSPS) is 22.1. The van der Waals surface area contributed by atoms with Crippen LogP contribution < -0.4 is 31.3 Å². The summed E-state index contributed by atoms with van der Waals surface area (Å²) in [7, 11) is 1.49. The number of fused-ring (bicyclic) bond motifs is 3. The number of hydrogen-bond donors (Lipinski definition) is 6. The quantitative estimate of drug-likeness (QED) is 0.0464. The molecule has 4 aromatic carbocycles. The van der Waals surface area contributed by atoms with Crippen LogP contribution in [0.3, 0.4) is 0 Å². The van der Waals surface area contributed by atoms with Crippen molar-refractivity contribution in [3.8, 4) is 16.9 Å². The topological polar surface area (TPSA) is 234 Å². The molecule has 0 spiro atoms. The molecule has 1 fully saturated rings. The van der Waals surface area contributed by atoms with Crippen LogP contribution in [0.1, 0.15) is 115 Å². The smallest absolute Gasteiger partial charge is 0.408 e. The lowest BCUT2D eigenvalue weighted by Crippen LogP contribution is -2.56. The number of ether oxygens (including phenoxy) is 3. The lowest BCUT2D eigenvalue weighted by Gasteiger charge is -2.34. The number of epoxide rings is 1. The summed E-state index contributed by atoms with van der Waals surface area (Å²) in [6, 6.07) is 24.2. The molecule has 8 atom stereocenters. The van der Waals surface area contributed by atoms with Gasteiger partial charge in [-0.15, -0.1) is 0 Å². The number of methoxy groups -OCH3 is 1. The Labute approximate surface area is 467 Å². The molecule has 0 saturated carbocycles. The predicted molar refractivity (Wildman–Crippen MR) is 300 cm³/mol. The van der Waals surface area contributed by atoms with Gasteiger partial charge < -0.3 is 45.9 Å². The summed E-state index contributed by atoms with van der Waals surface area (Å²) in [6.07, 6.45) is 0.561. The van der Waals surface area contributed by atoms with Crippen LogP contribution >= 0.6 is 11.6 Å². The molecule has 6 amide bonds. The van der Waals surface area contributed by atoms with E-state index in [4.69, 9.17) is 25.8 Å². The average Bonchev–Trinajstić information content (AvgIpc) is 4.17. The summed E-state index contributed by atoms with van der Waals surface area (Å²) in [5.74, 6) is -3.83. The third kappa shape index (κ3) is 14.9. The second-order valence-corrected chi connectivity index (χ2v) is 23.6. The first kappa shape index (κ1) is 59.4. The van der Waals surface area contributed by atoms with Gasteiger partial charge in [0.05, 0.1) is 23.7 Å². The molecule has 2 aliphatic heterocycles. The van der Waals surface area contributed by atoms with E-state index in [0.29, 0.717) is 16.3 Å². The van der Waals surface area contributed by atoms with Crippen molar-refractivity contribution in [2.75, 3.05) is 20.2 Å². The van der Waals surface area contributed by atoms with E-state index in [1.165, 1.54) is 18.1 Å². The van der Waals surface area contributed by atoms with Crippen LogP contribution in [0.25, 0.3) is 11.1 Å². The molecule has 0 aromatic heterocycles. The lowest BCUT2D eigenvalue weighted by molar-refractivity contribution is -0.157. The van der Waals surface area contributed by atoms with E-state index in [-0.39, 0.29) is 50.9 Å². The molecular formula is C61H75ClN6O11. The van der Waals surface area contributed by atoms with E-state index in [1.807, 2.05) is 100 Å². The van der Waals surface area contributed by atoms with Crippen molar-refractivity contribution in [3.63, 3.8) is 0 Å². The van der Waals surface area contributed by atoms with Crippen molar-refractivity contribution < 1.29 is 52.9 Å². The van der Waals surface area contributed by atoms with Gasteiger partial charge in [-0.05, 0) is 95.7 Å². The monoisotopic (exact) mass is 1100 g/mol. The molecule has 7 rings (SSSR count). The van der Waals surface area contributed by atoms with Crippen LogP contribution in [0.15, 0.2) is 103 Å². The van der Waals surface area contributed by atoms with Crippen molar-refractivity contribution >= 4 is 53.2 Å². The zero-order chi connectivity index (χ0) is 57.5. The number of rotatable bonds is 16. The molecule has 422 valence electrons. The van der Waals surface area contributed by atoms with E-state index in [1.54, 1.807) is 58.9 Å². The Morgan fingerprint density at radius 2 is 1.49 bits per heavy atom. The number of cyclic esters (lactones) is 1. The Morgan fingerprint density at radius 3 is 2.09 bits per heavy atom. The number of amides is 6. The molecule has 0 bridgehead atoms. The number of carbonyl (C=O) groups excluding carboxylic acids is 6. The molecule has 2 heterocycles. The van der Waals surface area contributed by atoms with Crippen molar-refractivity contribution in [3.05, 3.63) is 136 Å². The van der Waals surface area contributed by atoms with Gasteiger partial charge in [0, 0.05) is 44.3 Å². The highest BCUT2D eigenvalue weighted by Gasteiger charge is 2.48. The maximum absolute atomic E-state index is 14.2. The Bertz CT molecular complexity index is 2890. The summed E-state index contributed by atoms with van der Waals surface area (Å²) in [5, 5.41) is 25.1. The fraction of sp³-hybridized carbons (Fsp3) is 0.459. The maximum atomic E-state index is 14.2. The summed E-state index contributed by atoms with van der Waals surface area (Å²) in [5.41, 5.74) is 4.77. The molecule has 79 heavy (non-hydrogen) atoms. The standard InChI is InChI=1S/C61H75ClN6O11/c1-34(2)51(68(59(75)76)32-44-42-18-13-11-16-40(42)41-17-12-14-19-43(41)44)56(72)65-36(4)54(70)63-31-37-22-25-39(26-23-37)53-52(79-53)35(3)48-20-15-21-50(69)66-46(29-38-24-27-49(77-10)45(62)28-38)55(71)64-33-61(8,9)58(74)67-47(57(73)78-48)30-60(5,6)7/h11-19,21-28,34-36,44,46-48,51-53H,20,29-33H2,1-10H3,(H,63,70)(H,64,71)(H,65,72)(H,66,69)(H,67,74)(H,75,76)/b21-15+/t35-,36?,46+,47-,48-,51?,52+,53+/m0/s1. The lowest BCUT2D eigenvalue weighted by atomic mass is 9.86. The van der Waals surface area contributed by atoms with Gasteiger partial charge in [-0.25, -0.2) is 9.59 Å².